The quantitative estimate of drug-likeness (QED) is 0.568. The van der Waals surface area contributed by atoms with E-state index in [-0.39, 0.29) is 0 Å². The molecule has 4 nitrogen and oxygen atoms in total. The molecule has 2 aromatic carbocycles. The van der Waals surface area contributed by atoms with E-state index in [9.17, 15) is 0 Å². The molecule has 1 aromatic heterocycles. The zero-order valence-electron chi connectivity index (χ0n) is 11.8. The standard InChI is InChI=1S/C17H17N3O/c1-21-11-13-8-5-9-14-16(20-18)10-15(19-17(13)14)12-6-3-2-4-7-12/h2-10H,11,18H2,1H3,(H,19,20). The summed E-state index contributed by atoms with van der Waals surface area (Å²) in [7, 11) is 1.68. The fraction of sp³-hybridized carbons (Fsp3) is 0.118. The molecule has 0 unspecified atom stereocenters. The Hall–Kier alpha value is -2.43. The lowest BCUT2D eigenvalue weighted by Crippen LogP contribution is -2.08. The maximum atomic E-state index is 5.68. The highest BCUT2D eigenvalue weighted by Crippen LogP contribution is 2.29. The summed E-state index contributed by atoms with van der Waals surface area (Å²) >= 11 is 0. The van der Waals surface area contributed by atoms with Crippen LogP contribution in [-0.2, 0) is 11.3 Å². The van der Waals surface area contributed by atoms with Crippen molar-refractivity contribution in [3.05, 3.63) is 60.2 Å². The number of aromatic nitrogens is 1. The summed E-state index contributed by atoms with van der Waals surface area (Å²) in [5, 5.41) is 0.992. The number of nitrogens with two attached hydrogens (primary N) is 1. The molecule has 106 valence electrons. The third-order valence-electron chi connectivity index (χ3n) is 3.45. The summed E-state index contributed by atoms with van der Waals surface area (Å²) in [5.74, 6) is 5.68. The Morgan fingerprint density at radius 1 is 1.10 bits per heavy atom. The van der Waals surface area contributed by atoms with Gasteiger partial charge in [-0.2, -0.15) is 0 Å². The number of hydrogen-bond donors (Lipinski definition) is 2. The predicted molar refractivity (Wildman–Crippen MR) is 85.7 cm³/mol. The van der Waals surface area contributed by atoms with E-state index in [4.69, 9.17) is 15.6 Å². The van der Waals surface area contributed by atoms with Crippen molar-refractivity contribution in [2.45, 2.75) is 6.61 Å². The van der Waals surface area contributed by atoms with Crippen LogP contribution >= 0.6 is 0 Å². The Kier molecular flexibility index (Phi) is 3.81. The maximum absolute atomic E-state index is 5.68. The molecule has 0 aliphatic heterocycles. The number of nitrogens with one attached hydrogen (secondary N) is 1. The average Bonchev–Trinajstić information content (AvgIpc) is 2.55. The number of rotatable bonds is 4. The molecule has 0 bridgehead atoms. The van der Waals surface area contributed by atoms with Gasteiger partial charge >= 0.3 is 0 Å². The highest BCUT2D eigenvalue weighted by atomic mass is 16.5. The molecule has 0 saturated carbocycles. The second kappa shape index (κ2) is 5.91. The van der Waals surface area contributed by atoms with Crippen LogP contribution in [0.25, 0.3) is 22.2 Å². The van der Waals surface area contributed by atoms with Gasteiger partial charge in [0.2, 0.25) is 0 Å². The first-order chi connectivity index (χ1) is 10.3. The van der Waals surface area contributed by atoms with Gasteiger partial charge in [0.25, 0.3) is 0 Å². The molecular formula is C17H17N3O. The minimum Gasteiger partial charge on any atom is -0.380 e. The summed E-state index contributed by atoms with van der Waals surface area (Å²) in [6.45, 7) is 0.520. The van der Waals surface area contributed by atoms with Gasteiger partial charge in [-0.1, -0.05) is 48.5 Å². The first kappa shape index (κ1) is 13.5. The predicted octanol–water partition coefficient (Wildman–Crippen LogP) is 3.33. The number of methoxy groups -OCH3 is 1. The Morgan fingerprint density at radius 3 is 2.62 bits per heavy atom. The van der Waals surface area contributed by atoms with Crippen LogP contribution in [0.15, 0.2) is 54.6 Å². The third kappa shape index (κ3) is 2.59. The summed E-state index contributed by atoms with van der Waals surface area (Å²) < 4.78 is 5.26. The van der Waals surface area contributed by atoms with Crippen molar-refractivity contribution in [1.82, 2.24) is 4.98 Å². The summed E-state index contributed by atoms with van der Waals surface area (Å²) in [4.78, 5) is 4.80. The van der Waals surface area contributed by atoms with Crippen molar-refractivity contribution >= 4 is 16.6 Å². The molecule has 0 aliphatic rings. The van der Waals surface area contributed by atoms with Crippen molar-refractivity contribution in [2.24, 2.45) is 5.84 Å². The van der Waals surface area contributed by atoms with Crippen LogP contribution in [0, 0.1) is 0 Å². The van der Waals surface area contributed by atoms with Crippen molar-refractivity contribution in [1.29, 1.82) is 0 Å². The second-order valence-electron chi connectivity index (χ2n) is 4.81. The Labute approximate surface area is 123 Å². The largest absolute Gasteiger partial charge is 0.380 e. The number of hydrazine groups is 1. The van der Waals surface area contributed by atoms with E-state index >= 15 is 0 Å². The molecule has 3 aromatic rings. The van der Waals surface area contributed by atoms with Gasteiger partial charge in [0, 0.05) is 23.6 Å². The first-order valence-corrected chi connectivity index (χ1v) is 6.77. The zero-order valence-corrected chi connectivity index (χ0v) is 11.8. The fourth-order valence-electron chi connectivity index (χ4n) is 2.46. The van der Waals surface area contributed by atoms with Gasteiger partial charge in [-0.3, -0.25) is 5.84 Å². The van der Waals surface area contributed by atoms with E-state index in [1.54, 1.807) is 7.11 Å². The number of ether oxygens (including phenoxy) is 1. The van der Waals surface area contributed by atoms with Gasteiger partial charge in [-0.05, 0) is 6.07 Å². The fourth-order valence-corrected chi connectivity index (χ4v) is 2.46. The van der Waals surface area contributed by atoms with E-state index in [0.717, 1.165) is 33.4 Å². The third-order valence-corrected chi connectivity index (χ3v) is 3.45. The summed E-state index contributed by atoms with van der Waals surface area (Å²) in [6.07, 6.45) is 0. The van der Waals surface area contributed by atoms with E-state index in [2.05, 4.69) is 5.43 Å². The van der Waals surface area contributed by atoms with Crippen LogP contribution in [-0.4, -0.2) is 12.1 Å². The molecule has 0 spiro atoms. The molecule has 0 amide bonds. The van der Waals surface area contributed by atoms with E-state index in [0.29, 0.717) is 6.61 Å². The van der Waals surface area contributed by atoms with Gasteiger partial charge in [0.1, 0.15) is 0 Å². The number of nitrogen functional groups attached to an aromatic ring is 1. The summed E-state index contributed by atoms with van der Waals surface area (Å²) in [5.41, 5.74) is 7.53. The monoisotopic (exact) mass is 279 g/mol. The Morgan fingerprint density at radius 2 is 1.90 bits per heavy atom. The number of nitrogens with zero attached hydrogens (tertiary/aromatic N) is 1. The lowest BCUT2D eigenvalue weighted by molar-refractivity contribution is 0.186. The van der Waals surface area contributed by atoms with Crippen LogP contribution in [0.2, 0.25) is 0 Å². The lowest BCUT2D eigenvalue weighted by Gasteiger charge is -2.12. The van der Waals surface area contributed by atoms with E-state index in [1.165, 1.54) is 0 Å². The number of pyridine rings is 1. The van der Waals surface area contributed by atoms with Crippen LogP contribution in [0.3, 0.4) is 0 Å². The molecule has 3 rings (SSSR count). The van der Waals surface area contributed by atoms with Gasteiger partial charge in [-0.15, -0.1) is 0 Å². The van der Waals surface area contributed by atoms with Crippen LogP contribution < -0.4 is 11.3 Å². The zero-order chi connectivity index (χ0) is 14.7. The SMILES string of the molecule is COCc1cccc2c(NN)cc(-c3ccccc3)nc12. The highest BCUT2D eigenvalue weighted by molar-refractivity contribution is 5.95. The number of anilines is 1. The topological polar surface area (TPSA) is 60.2 Å². The molecule has 0 saturated heterocycles. The Balaban J connectivity index is 2.26. The number of fused-ring (bicyclic) bond motifs is 1. The molecule has 0 fully saturated rings. The number of hydrogen-bond acceptors (Lipinski definition) is 4. The van der Waals surface area contributed by atoms with Gasteiger partial charge in [0.15, 0.2) is 0 Å². The summed E-state index contributed by atoms with van der Waals surface area (Å²) in [6, 6.07) is 18.0. The normalized spacial score (nSPS) is 10.8. The van der Waals surface area contributed by atoms with Crippen molar-refractivity contribution < 1.29 is 4.74 Å². The number of para-hydroxylation sites is 1. The smallest absolute Gasteiger partial charge is 0.0785 e. The molecule has 0 aliphatic carbocycles. The molecule has 0 atom stereocenters. The second-order valence-corrected chi connectivity index (χ2v) is 4.81. The first-order valence-electron chi connectivity index (χ1n) is 6.77. The molecule has 21 heavy (non-hydrogen) atoms. The van der Waals surface area contributed by atoms with Gasteiger partial charge in [-0.25, -0.2) is 4.98 Å². The lowest BCUT2D eigenvalue weighted by atomic mass is 10.1. The van der Waals surface area contributed by atoms with E-state index < -0.39 is 0 Å². The van der Waals surface area contributed by atoms with Crippen molar-refractivity contribution in [2.75, 3.05) is 12.5 Å². The minimum absolute atomic E-state index is 0.520. The van der Waals surface area contributed by atoms with Crippen molar-refractivity contribution in [3.63, 3.8) is 0 Å². The molecular weight excluding hydrogens is 262 g/mol. The average molecular weight is 279 g/mol. The Bertz CT molecular complexity index is 757. The van der Waals surface area contributed by atoms with Crippen LogP contribution in [0.5, 0.6) is 0 Å². The number of benzene rings is 2. The molecule has 4 heteroatoms. The van der Waals surface area contributed by atoms with Crippen LogP contribution in [0.1, 0.15) is 5.56 Å². The maximum Gasteiger partial charge on any atom is 0.0785 e. The van der Waals surface area contributed by atoms with E-state index in [1.807, 2.05) is 54.6 Å². The van der Waals surface area contributed by atoms with Gasteiger partial charge in [0.05, 0.1) is 23.5 Å². The molecule has 3 N–H and O–H groups in total. The van der Waals surface area contributed by atoms with Crippen LogP contribution in [0.4, 0.5) is 5.69 Å². The van der Waals surface area contributed by atoms with Crippen molar-refractivity contribution in [3.8, 4) is 11.3 Å². The highest BCUT2D eigenvalue weighted by Gasteiger charge is 2.10. The van der Waals surface area contributed by atoms with Gasteiger partial charge < -0.3 is 10.2 Å². The minimum atomic E-state index is 0.520. The molecule has 1 heterocycles. The molecule has 0 radical (unpaired) electrons.